The summed E-state index contributed by atoms with van der Waals surface area (Å²) in [6.45, 7) is 4.13. The highest BCUT2D eigenvalue weighted by Gasteiger charge is 2.21. The largest absolute Gasteiger partial charge is 0.461 e. The molecule has 0 aliphatic heterocycles. The molecule has 4 heteroatoms. The number of hydrogen-bond donors (Lipinski definition) is 0. The van der Waals surface area contributed by atoms with Crippen molar-refractivity contribution in [3.8, 4) is 11.3 Å². The Bertz CT molecular complexity index is 791. The second-order valence-corrected chi connectivity index (χ2v) is 4.83. The number of rotatable bonds is 3. The van der Waals surface area contributed by atoms with E-state index in [0.717, 1.165) is 22.5 Å². The van der Waals surface area contributed by atoms with E-state index in [1.54, 1.807) is 6.92 Å². The van der Waals surface area contributed by atoms with E-state index in [2.05, 4.69) is 4.98 Å². The molecule has 0 saturated carbocycles. The van der Waals surface area contributed by atoms with Crippen molar-refractivity contribution in [1.82, 2.24) is 9.38 Å². The van der Waals surface area contributed by atoms with Gasteiger partial charge in [0.25, 0.3) is 0 Å². The normalized spacial score (nSPS) is 10.8. The molecule has 0 amide bonds. The molecule has 0 unspecified atom stereocenters. The van der Waals surface area contributed by atoms with Crippen LogP contribution in [0, 0.1) is 6.92 Å². The molecule has 4 nitrogen and oxygen atoms in total. The van der Waals surface area contributed by atoms with Gasteiger partial charge >= 0.3 is 5.97 Å². The SMILES string of the molecule is CCOC(=O)c1nc2cc(C)ccn2c1-c1ccccc1. The van der Waals surface area contributed by atoms with Crippen molar-refractivity contribution < 1.29 is 9.53 Å². The minimum absolute atomic E-state index is 0.333. The van der Waals surface area contributed by atoms with Crippen LogP contribution >= 0.6 is 0 Å². The lowest BCUT2D eigenvalue weighted by molar-refractivity contribution is 0.0521. The highest BCUT2D eigenvalue weighted by molar-refractivity contribution is 5.95. The van der Waals surface area contributed by atoms with Gasteiger partial charge in [-0.2, -0.15) is 0 Å². The van der Waals surface area contributed by atoms with Gasteiger partial charge in [-0.25, -0.2) is 9.78 Å². The van der Waals surface area contributed by atoms with Gasteiger partial charge in [-0.15, -0.1) is 0 Å². The van der Waals surface area contributed by atoms with Crippen LogP contribution in [0.4, 0.5) is 0 Å². The number of nitrogens with zero attached hydrogens (tertiary/aromatic N) is 2. The Morgan fingerprint density at radius 1 is 1.24 bits per heavy atom. The molecule has 1 aromatic carbocycles. The fourth-order valence-corrected chi connectivity index (χ4v) is 2.36. The molecule has 106 valence electrons. The number of ether oxygens (including phenoxy) is 1. The van der Waals surface area contributed by atoms with Gasteiger partial charge in [0.15, 0.2) is 5.69 Å². The van der Waals surface area contributed by atoms with Gasteiger partial charge in [0.1, 0.15) is 5.65 Å². The van der Waals surface area contributed by atoms with Gasteiger partial charge in [-0.1, -0.05) is 30.3 Å². The molecule has 2 heterocycles. The van der Waals surface area contributed by atoms with E-state index in [9.17, 15) is 4.79 Å². The molecule has 0 spiro atoms. The van der Waals surface area contributed by atoms with E-state index in [-0.39, 0.29) is 0 Å². The Morgan fingerprint density at radius 3 is 2.71 bits per heavy atom. The molecule has 0 N–H and O–H groups in total. The highest BCUT2D eigenvalue weighted by atomic mass is 16.5. The van der Waals surface area contributed by atoms with Crippen LogP contribution in [0.1, 0.15) is 23.0 Å². The first-order valence-electron chi connectivity index (χ1n) is 6.92. The predicted octanol–water partition coefficient (Wildman–Crippen LogP) is 3.49. The fourth-order valence-electron chi connectivity index (χ4n) is 2.36. The van der Waals surface area contributed by atoms with Crippen LogP contribution in [0.3, 0.4) is 0 Å². The zero-order valence-corrected chi connectivity index (χ0v) is 12.0. The maximum Gasteiger partial charge on any atom is 0.359 e. The third-order valence-corrected chi connectivity index (χ3v) is 3.30. The molecule has 0 bridgehead atoms. The number of fused-ring (bicyclic) bond motifs is 1. The smallest absolute Gasteiger partial charge is 0.359 e. The van der Waals surface area contributed by atoms with Crippen molar-refractivity contribution in [1.29, 1.82) is 0 Å². The number of benzene rings is 1. The first-order valence-corrected chi connectivity index (χ1v) is 6.92. The maximum atomic E-state index is 12.2. The zero-order valence-electron chi connectivity index (χ0n) is 12.0. The van der Waals surface area contributed by atoms with Crippen molar-refractivity contribution in [3.63, 3.8) is 0 Å². The number of imidazole rings is 1. The lowest BCUT2D eigenvalue weighted by Crippen LogP contribution is -2.07. The minimum Gasteiger partial charge on any atom is -0.461 e. The van der Waals surface area contributed by atoms with E-state index in [1.165, 1.54) is 0 Å². The number of carbonyl (C=O) groups is 1. The number of aryl methyl sites for hydroxylation is 1. The van der Waals surface area contributed by atoms with E-state index in [0.29, 0.717) is 12.3 Å². The summed E-state index contributed by atoms with van der Waals surface area (Å²) in [4.78, 5) is 16.7. The van der Waals surface area contributed by atoms with Gasteiger partial charge in [0, 0.05) is 11.8 Å². The first kappa shape index (κ1) is 13.4. The standard InChI is InChI=1S/C17H16N2O2/c1-3-21-17(20)15-16(13-7-5-4-6-8-13)19-10-9-12(2)11-14(19)18-15/h4-11H,3H2,1-2H3. The number of hydrogen-bond acceptors (Lipinski definition) is 3. The van der Waals surface area contributed by atoms with Crippen LogP contribution in [-0.4, -0.2) is 22.0 Å². The van der Waals surface area contributed by atoms with Crippen LogP contribution in [0.5, 0.6) is 0 Å². The average Bonchev–Trinajstić information content (AvgIpc) is 2.87. The summed E-state index contributed by atoms with van der Waals surface area (Å²) >= 11 is 0. The van der Waals surface area contributed by atoms with Gasteiger partial charge in [0.2, 0.25) is 0 Å². The molecule has 0 radical (unpaired) electrons. The topological polar surface area (TPSA) is 43.6 Å². The Morgan fingerprint density at radius 2 is 2.00 bits per heavy atom. The van der Waals surface area contributed by atoms with Crippen LogP contribution in [0.2, 0.25) is 0 Å². The molecule has 0 aliphatic carbocycles. The molecule has 3 rings (SSSR count). The molecular formula is C17H16N2O2. The van der Waals surface area contributed by atoms with Crippen LogP contribution < -0.4 is 0 Å². The summed E-state index contributed by atoms with van der Waals surface area (Å²) in [6, 6.07) is 13.7. The predicted molar refractivity (Wildman–Crippen MR) is 81.3 cm³/mol. The highest BCUT2D eigenvalue weighted by Crippen LogP contribution is 2.26. The first-order chi connectivity index (χ1) is 10.2. The maximum absolute atomic E-state index is 12.2. The zero-order chi connectivity index (χ0) is 14.8. The molecule has 0 atom stereocenters. The molecule has 0 fully saturated rings. The number of aromatic nitrogens is 2. The van der Waals surface area contributed by atoms with Gasteiger partial charge < -0.3 is 4.74 Å². The molecule has 0 saturated heterocycles. The summed E-state index contributed by atoms with van der Waals surface area (Å²) in [5.74, 6) is -0.391. The summed E-state index contributed by atoms with van der Waals surface area (Å²) in [5.41, 5.74) is 3.91. The van der Waals surface area contributed by atoms with E-state index >= 15 is 0 Å². The number of pyridine rings is 1. The van der Waals surface area contributed by atoms with Crippen molar-refractivity contribution in [3.05, 3.63) is 59.9 Å². The van der Waals surface area contributed by atoms with Crippen molar-refractivity contribution in [2.75, 3.05) is 6.61 Å². The Balaban J connectivity index is 2.28. The Hall–Kier alpha value is -2.62. The number of esters is 1. The van der Waals surface area contributed by atoms with E-state index in [1.807, 2.05) is 60.0 Å². The lowest BCUT2D eigenvalue weighted by atomic mass is 10.1. The van der Waals surface area contributed by atoms with Crippen LogP contribution in [0.25, 0.3) is 16.9 Å². The quantitative estimate of drug-likeness (QED) is 0.690. The summed E-state index contributed by atoms with van der Waals surface area (Å²) < 4.78 is 7.06. The Labute approximate surface area is 123 Å². The number of carbonyl (C=O) groups excluding carboxylic acids is 1. The van der Waals surface area contributed by atoms with Crippen molar-refractivity contribution in [2.24, 2.45) is 0 Å². The Kier molecular flexibility index (Phi) is 3.44. The van der Waals surface area contributed by atoms with Crippen LogP contribution in [0.15, 0.2) is 48.7 Å². The van der Waals surface area contributed by atoms with E-state index < -0.39 is 5.97 Å². The molecular weight excluding hydrogens is 264 g/mol. The molecule has 2 aromatic heterocycles. The van der Waals surface area contributed by atoms with Gasteiger partial charge in [-0.3, -0.25) is 4.40 Å². The van der Waals surface area contributed by atoms with Gasteiger partial charge in [-0.05, 0) is 31.5 Å². The minimum atomic E-state index is -0.391. The summed E-state index contributed by atoms with van der Waals surface area (Å²) in [7, 11) is 0. The lowest BCUT2D eigenvalue weighted by Gasteiger charge is -2.05. The second kappa shape index (κ2) is 5.40. The summed E-state index contributed by atoms with van der Waals surface area (Å²) in [6.07, 6.45) is 1.93. The molecule has 3 aromatic rings. The average molecular weight is 280 g/mol. The van der Waals surface area contributed by atoms with Crippen molar-refractivity contribution >= 4 is 11.6 Å². The molecule has 0 aliphatic rings. The van der Waals surface area contributed by atoms with Crippen LogP contribution in [-0.2, 0) is 4.74 Å². The molecule has 21 heavy (non-hydrogen) atoms. The van der Waals surface area contributed by atoms with E-state index in [4.69, 9.17) is 4.74 Å². The fraction of sp³-hybridized carbons (Fsp3) is 0.176. The van der Waals surface area contributed by atoms with Gasteiger partial charge in [0.05, 0.1) is 12.3 Å². The third-order valence-electron chi connectivity index (χ3n) is 3.30. The third kappa shape index (κ3) is 2.40. The summed E-state index contributed by atoms with van der Waals surface area (Å²) in [5, 5.41) is 0. The monoisotopic (exact) mass is 280 g/mol. The van der Waals surface area contributed by atoms with Crippen molar-refractivity contribution in [2.45, 2.75) is 13.8 Å². The second-order valence-electron chi connectivity index (χ2n) is 4.83.